The molecule has 0 heterocycles. The number of alkyl halides is 1. The molecule has 0 amide bonds. The number of halogens is 3. The molecule has 1 aromatic carbocycles. The van der Waals surface area contributed by atoms with Gasteiger partial charge in [-0.3, -0.25) is 0 Å². The monoisotopic (exact) mass is 290 g/mol. The van der Waals surface area contributed by atoms with Crippen molar-refractivity contribution in [3.05, 3.63) is 35.4 Å². The summed E-state index contributed by atoms with van der Waals surface area (Å²) in [6.45, 7) is 4.26. The molecule has 0 aliphatic rings. The zero-order valence-electron chi connectivity index (χ0n) is 9.69. The summed E-state index contributed by atoms with van der Waals surface area (Å²) in [7, 11) is 0. The lowest BCUT2D eigenvalue weighted by atomic mass is 9.79. The zero-order valence-corrected chi connectivity index (χ0v) is 11.3. The van der Waals surface area contributed by atoms with Gasteiger partial charge in [0.05, 0.1) is 0 Å². The van der Waals surface area contributed by atoms with Crippen LogP contribution in [0.5, 0.6) is 0 Å². The molecular weight excluding hydrogens is 274 g/mol. The fourth-order valence-electron chi connectivity index (χ4n) is 1.82. The third-order valence-electron chi connectivity index (χ3n) is 3.35. The summed E-state index contributed by atoms with van der Waals surface area (Å²) in [4.78, 5) is 0. The Morgan fingerprint density at radius 2 is 1.75 bits per heavy atom. The minimum Gasteiger partial charge on any atom is -0.204 e. The summed E-state index contributed by atoms with van der Waals surface area (Å²) in [5.41, 5.74) is 1.01. The summed E-state index contributed by atoms with van der Waals surface area (Å²) < 4.78 is 25.9. The predicted octanol–water partition coefficient (Wildman–Crippen LogP) is 4.71. The van der Waals surface area contributed by atoms with Gasteiger partial charge >= 0.3 is 0 Å². The molecule has 3 heteroatoms. The highest BCUT2D eigenvalue weighted by Gasteiger charge is 2.25. The molecule has 0 atom stereocenters. The topological polar surface area (TPSA) is 0 Å². The molecule has 0 aliphatic heterocycles. The third-order valence-corrected chi connectivity index (χ3v) is 4.54. The minimum absolute atomic E-state index is 0.143. The second-order valence-corrected chi connectivity index (χ2v) is 4.83. The van der Waals surface area contributed by atoms with E-state index in [9.17, 15) is 8.78 Å². The van der Waals surface area contributed by atoms with Crippen molar-refractivity contribution in [1.82, 2.24) is 0 Å². The second-order valence-electron chi connectivity index (χ2n) is 4.27. The molecule has 0 fully saturated rings. The van der Waals surface area contributed by atoms with Crippen LogP contribution in [0.25, 0.3) is 0 Å². The van der Waals surface area contributed by atoms with Gasteiger partial charge in [0.2, 0.25) is 0 Å². The van der Waals surface area contributed by atoms with Crippen LogP contribution in [0.4, 0.5) is 8.78 Å². The molecule has 0 aromatic heterocycles. The van der Waals surface area contributed by atoms with Gasteiger partial charge in [0.1, 0.15) is 0 Å². The molecule has 0 saturated carbocycles. The van der Waals surface area contributed by atoms with E-state index in [1.807, 2.05) is 0 Å². The summed E-state index contributed by atoms with van der Waals surface area (Å²) in [5.74, 6) is -1.53. The Balaban J connectivity index is 2.89. The van der Waals surface area contributed by atoms with E-state index in [0.717, 1.165) is 30.2 Å². The SMILES string of the molecule is CCC(CC)(CBr)Cc1ccc(F)c(F)c1. The van der Waals surface area contributed by atoms with E-state index in [4.69, 9.17) is 0 Å². The van der Waals surface area contributed by atoms with Gasteiger partial charge in [-0.05, 0) is 42.4 Å². The molecular formula is C13H17BrF2. The van der Waals surface area contributed by atoms with Crippen LogP contribution in [-0.4, -0.2) is 5.33 Å². The van der Waals surface area contributed by atoms with E-state index < -0.39 is 11.6 Å². The quantitative estimate of drug-likeness (QED) is 0.689. The molecule has 0 N–H and O–H groups in total. The number of rotatable bonds is 5. The molecule has 0 aliphatic carbocycles. The molecule has 1 aromatic rings. The largest absolute Gasteiger partial charge is 0.204 e. The van der Waals surface area contributed by atoms with Crippen LogP contribution >= 0.6 is 15.9 Å². The van der Waals surface area contributed by atoms with Gasteiger partial charge < -0.3 is 0 Å². The fraction of sp³-hybridized carbons (Fsp3) is 0.538. The van der Waals surface area contributed by atoms with Gasteiger partial charge in [0.15, 0.2) is 11.6 Å². The molecule has 0 radical (unpaired) electrons. The van der Waals surface area contributed by atoms with Crippen LogP contribution in [0.1, 0.15) is 32.3 Å². The van der Waals surface area contributed by atoms with Crippen LogP contribution in [0.2, 0.25) is 0 Å². The van der Waals surface area contributed by atoms with Gasteiger partial charge in [-0.1, -0.05) is 35.8 Å². The van der Waals surface area contributed by atoms with Crippen molar-refractivity contribution in [2.75, 3.05) is 5.33 Å². The number of hydrogen-bond donors (Lipinski definition) is 0. The predicted molar refractivity (Wildman–Crippen MR) is 66.9 cm³/mol. The lowest BCUT2D eigenvalue weighted by molar-refractivity contribution is 0.306. The highest BCUT2D eigenvalue weighted by Crippen LogP contribution is 2.33. The lowest BCUT2D eigenvalue weighted by Gasteiger charge is -2.29. The highest BCUT2D eigenvalue weighted by molar-refractivity contribution is 9.09. The van der Waals surface area contributed by atoms with E-state index in [-0.39, 0.29) is 5.41 Å². The summed E-state index contributed by atoms with van der Waals surface area (Å²) >= 11 is 3.52. The van der Waals surface area contributed by atoms with E-state index in [1.54, 1.807) is 6.07 Å². The van der Waals surface area contributed by atoms with Gasteiger partial charge in [-0.25, -0.2) is 8.78 Å². The van der Waals surface area contributed by atoms with E-state index >= 15 is 0 Å². The standard InChI is InChI=1S/C13H17BrF2/c1-3-13(4-2,9-14)8-10-5-6-11(15)12(16)7-10/h5-7H,3-4,8-9H2,1-2H3. The summed E-state index contributed by atoms with van der Waals surface area (Å²) in [6.07, 6.45) is 2.82. The van der Waals surface area contributed by atoms with Crippen molar-refractivity contribution in [3.8, 4) is 0 Å². The Morgan fingerprint density at radius 1 is 1.12 bits per heavy atom. The highest BCUT2D eigenvalue weighted by atomic mass is 79.9. The third kappa shape index (κ3) is 3.03. The van der Waals surface area contributed by atoms with Crippen LogP contribution in [-0.2, 0) is 6.42 Å². The lowest BCUT2D eigenvalue weighted by Crippen LogP contribution is -2.23. The van der Waals surface area contributed by atoms with Gasteiger partial charge in [0, 0.05) is 5.33 Å². The minimum atomic E-state index is -0.777. The smallest absolute Gasteiger partial charge is 0.159 e. The first-order chi connectivity index (χ1) is 7.56. The normalized spacial score (nSPS) is 11.8. The van der Waals surface area contributed by atoms with E-state index in [2.05, 4.69) is 29.8 Å². The fourth-order valence-corrected chi connectivity index (χ4v) is 2.81. The van der Waals surface area contributed by atoms with Gasteiger partial charge in [-0.2, -0.15) is 0 Å². The Labute approximate surface area is 104 Å². The van der Waals surface area contributed by atoms with Gasteiger partial charge in [-0.15, -0.1) is 0 Å². The average Bonchev–Trinajstić information content (AvgIpc) is 2.31. The molecule has 1 rings (SSSR count). The Morgan fingerprint density at radius 3 is 2.19 bits per heavy atom. The van der Waals surface area contributed by atoms with Crippen LogP contribution in [0.15, 0.2) is 18.2 Å². The molecule has 16 heavy (non-hydrogen) atoms. The maximum absolute atomic E-state index is 13.1. The summed E-state index contributed by atoms with van der Waals surface area (Å²) in [5, 5.41) is 0.881. The molecule has 0 saturated heterocycles. The van der Waals surface area contributed by atoms with Crippen LogP contribution < -0.4 is 0 Å². The average molecular weight is 291 g/mol. The number of benzene rings is 1. The zero-order chi connectivity index (χ0) is 12.2. The first kappa shape index (κ1) is 13.6. The van der Waals surface area contributed by atoms with Crippen molar-refractivity contribution in [1.29, 1.82) is 0 Å². The van der Waals surface area contributed by atoms with Crippen molar-refractivity contribution in [2.24, 2.45) is 5.41 Å². The van der Waals surface area contributed by atoms with Gasteiger partial charge in [0.25, 0.3) is 0 Å². The first-order valence-corrected chi connectivity index (χ1v) is 6.69. The maximum Gasteiger partial charge on any atom is 0.159 e. The summed E-state index contributed by atoms with van der Waals surface area (Å²) in [6, 6.07) is 4.17. The molecule has 0 bridgehead atoms. The first-order valence-electron chi connectivity index (χ1n) is 5.57. The second kappa shape index (κ2) is 5.76. The molecule has 0 spiro atoms. The number of hydrogen-bond acceptors (Lipinski definition) is 0. The van der Waals surface area contributed by atoms with Crippen molar-refractivity contribution in [2.45, 2.75) is 33.1 Å². The van der Waals surface area contributed by atoms with E-state index in [0.29, 0.717) is 0 Å². The Kier molecular flexibility index (Phi) is 4.90. The molecule has 90 valence electrons. The molecule has 0 unspecified atom stereocenters. The van der Waals surface area contributed by atoms with Crippen molar-refractivity contribution >= 4 is 15.9 Å². The van der Waals surface area contributed by atoms with Crippen LogP contribution in [0.3, 0.4) is 0 Å². The molecule has 0 nitrogen and oxygen atoms in total. The van der Waals surface area contributed by atoms with E-state index in [1.165, 1.54) is 12.1 Å². The van der Waals surface area contributed by atoms with Crippen molar-refractivity contribution in [3.63, 3.8) is 0 Å². The van der Waals surface area contributed by atoms with Crippen LogP contribution in [0, 0.1) is 17.0 Å². The Hall–Kier alpha value is -0.440. The maximum atomic E-state index is 13.1. The Bertz CT molecular complexity index is 338. The van der Waals surface area contributed by atoms with Crippen molar-refractivity contribution < 1.29 is 8.78 Å².